The first kappa shape index (κ1) is 10.1. The van der Waals surface area contributed by atoms with Crippen LogP contribution < -0.4 is 0 Å². The number of phenols is 1. The predicted molar refractivity (Wildman–Crippen MR) is 59.3 cm³/mol. The lowest BCUT2D eigenvalue weighted by atomic mass is 9.87. The minimum atomic E-state index is -0.493. The van der Waals surface area contributed by atoms with Gasteiger partial charge in [-0.1, -0.05) is 12.1 Å². The van der Waals surface area contributed by atoms with Crippen LogP contribution in [0.15, 0.2) is 18.2 Å². The van der Waals surface area contributed by atoms with Crippen molar-refractivity contribution in [1.29, 1.82) is 0 Å². The summed E-state index contributed by atoms with van der Waals surface area (Å²) in [6.45, 7) is 3.88. The second kappa shape index (κ2) is 3.22. The lowest BCUT2D eigenvalue weighted by molar-refractivity contribution is -0.145. The second-order valence-corrected chi connectivity index (χ2v) is 5.04. The van der Waals surface area contributed by atoms with E-state index in [-0.39, 0.29) is 12.2 Å². The largest absolute Gasteiger partial charge is 0.508 e. The van der Waals surface area contributed by atoms with Crippen LogP contribution in [0.4, 0.5) is 0 Å². The Kier molecular flexibility index (Phi) is 2.03. The first-order chi connectivity index (χ1) is 7.55. The van der Waals surface area contributed by atoms with Gasteiger partial charge >= 0.3 is 0 Å². The van der Waals surface area contributed by atoms with E-state index in [4.69, 9.17) is 9.47 Å². The van der Waals surface area contributed by atoms with Crippen molar-refractivity contribution < 1.29 is 14.6 Å². The highest BCUT2D eigenvalue weighted by Gasteiger charge is 2.44. The standard InChI is InChI=1S/C13H16O3/c1-13(2)15-11-6-8-4-3-5-10(14)9(8)7-12(11)16-13/h3-5,11-12,14H,6-7H2,1-2H3/t11-,12-/m0/s1. The van der Waals surface area contributed by atoms with Crippen LogP contribution in [-0.2, 0) is 22.3 Å². The molecule has 0 radical (unpaired) electrons. The second-order valence-electron chi connectivity index (χ2n) is 5.04. The van der Waals surface area contributed by atoms with Crippen molar-refractivity contribution in [2.75, 3.05) is 0 Å². The van der Waals surface area contributed by atoms with Crippen LogP contribution in [0.3, 0.4) is 0 Å². The molecular weight excluding hydrogens is 204 g/mol. The molecule has 1 aromatic carbocycles. The van der Waals surface area contributed by atoms with E-state index in [1.54, 1.807) is 6.07 Å². The number of hydrogen-bond acceptors (Lipinski definition) is 3. The van der Waals surface area contributed by atoms with E-state index in [0.717, 1.165) is 18.4 Å². The molecule has 16 heavy (non-hydrogen) atoms. The van der Waals surface area contributed by atoms with Crippen molar-refractivity contribution in [3.63, 3.8) is 0 Å². The average Bonchev–Trinajstić information content (AvgIpc) is 2.48. The van der Waals surface area contributed by atoms with Gasteiger partial charge in [-0.2, -0.15) is 0 Å². The summed E-state index contributed by atoms with van der Waals surface area (Å²) in [6.07, 6.45) is 1.79. The van der Waals surface area contributed by atoms with Gasteiger partial charge in [-0.25, -0.2) is 0 Å². The van der Waals surface area contributed by atoms with Crippen LogP contribution in [0.25, 0.3) is 0 Å². The maximum Gasteiger partial charge on any atom is 0.163 e. The molecule has 0 unspecified atom stereocenters. The Hall–Kier alpha value is -1.06. The Morgan fingerprint density at radius 1 is 1.19 bits per heavy atom. The third-order valence-electron chi connectivity index (χ3n) is 3.36. The Labute approximate surface area is 95.0 Å². The van der Waals surface area contributed by atoms with E-state index < -0.39 is 5.79 Å². The summed E-state index contributed by atoms with van der Waals surface area (Å²) >= 11 is 0. The summed E-state index contributed by atoms with van der Waals surface area (Å²) in [7, 11) is 0. The highest BCUT2D eigenvalue weighted by Crippen LogP contribution is 2.38. The third-order valence-corrected chi connectivity index (χ3v) is 3.36. The zero-order chi connectivity index (χ0) is 11.3. The summed E-state index contributed by atoms with van der Waals surface area (Å²) < 4.78 is 11.7. The van der Waals surface area contributed by atoms with Crippen molar-refractivity contribution in [2.45, 2.75) is 44.7 Å². The summed E-state index contributed by atoms with van der Waals surface area (Å²) in [5.74, 6) is -0.114. The zero-order valence-electron chi connectivity index (χ0n) is 9.56. The number of benzene rings is 1. The fourth-order valence-electron chi connectivity index (χ4n) is 2.72. The van der Waals surface area contributed by atoms with Crippen LogP contribution in [-0.4, -0.2) is 23.1 Å². The third kappa shape index (κ3) is 1.51. The molecule has 0 amide bonds. The van der Waals surface area contributed by atoms with Crippen molar-refractivity contribution in [1.82, 2.24) is 0 Å². The smallest absolute Gasteiger partial charge is 0.163 e. The molecule has 1 heterocycles. The monoisotopic (exact) mass is 220 g/mol. The van der Waals surface area contributed by atoms with E-state index in [9.17, 15) is 5.11 Å². The fourth-order valence-corrected chi connectivity index (χ4v) is 2.72. The molecule has 1 aliphatic heterocycles. The molecule has 0 aromatic heterocycles. The quantitative estimate of drug-likeness (QED) is 0.727. The maximum absolute atomic E-state index is 9.81. The number of rotatable bonds is 0. The number of hydrogen-bond donors (Lipinski definition) is 1. The Morgan fingerprint density at radius 3 is 2.62 bits per heavy atom. The van der Waals surface area contributed by atoms with E-state index in [1.165, 1.54) is 5.56 Å². The Bertz CT molecular complexity index is 425. The van der Waals surface area contributed by atoms with E-state index in [1.807, 2.05) is 19.9 Å². The Morgan fingerprint density at radius 2 is 1.88 bits per heavy atom. The summed E-state index contributed by atoms with van der Waals surface area (Å²) in [5, 5.41) is 9.81. The number of phenolic OH excluding ortho intramolecular Hbond substituents is 1. The Balaban J connectivity index is 1.94. The molecule has 3 heteroatoms. The number of ether oxygens (including phenoxy) is 2. The molecule has 0 spiro atoms. The van der Waals surface area contributed by atoms with Crippen LogP contribution in [0, 0.1) is 0 Å². The summed E-state index contributed by atoms with van der Waals surface area (Å²) in [5.41, 5.74) is 2.20. The lowest BCUT2D eigenvalue weighted by Crippen LogP contribution is -2.32. The summed E-state index contributed by atoms with van der Waals surface area (Å²) in [4.78, 5) is 0. The van der Waals surface area contributed by atoms with Gasteiger partial charge in [0.15, 0.2) is 5.79 Å². The molecule has 2 aliphatic rings. The van der Waals surface area contributed by atoms with Crippen molar-refractivity contribution in [3.8, 4) is 5.75 Å². The zero-order valence-corrected chi connectivity index (χ0v) is 9.56. The fraction of sp³-hybridized carbons (Fsp3) is 0.538. The first-order valence-corrected chi connectivity index (χ1v) is 5.70. The molecule has 1 saturated heterocycles. The minimum absolute atomic E-state index is 0.0794. The van der Waals surface area contributed by atoms with Crippen molar-refractivity contribution in [2.24, 2.45) is 0 Å². The molecule has 0 bridgehead atoms. The number of aromatic hydroxyl groups is 1. The molecule has 2 atom stereocenters. The highest BCUT2D eigenvalue weighted by atomic mass is 16.7. The van der Waals surface area contributed by atoms with Crippen molar-refractivity contribution >= 4 is 0 Å². The van der Waals surface area contributed by atoms with Gasteiger partial charge < -0.3 is 14.6 Å². The van der Waals surface area contributed by atoms with Gasteiger partial charge in [0.05, 0.1) is 12.2 Å². The topological polar surface area (TPSA) is 38.7 Å². The van der Waals surface area contributed by atoms with Crippen LogP contribution >= 0.6 is 0 Å². The van der Waals surface area contributed by atoms with Gasteiger partial charge in [0.1, 0.15) is 5.75 Å². The molecule has 3 nitrogen and oxygen atoms in total. The first-order valence-electron chi connectivity index (χ1n) is 5.70. The molecular formula is C13H16O3. The van der Waals surface area contributed by atoms with Gasteiger partial charge in [0.25, 0.3) is 0 Å². The lowest BCUT2D eigenvalue weighted by Gasteiger charge is -2.25. The highest BCUT2D eigenvalue weighted by molar-refractivity contribution is 5.42. The van der Waals surface area contributed by atoms with Gasteiger partial charge in [-0.3, -0.25) is 0 Å². The van der Waals surface area contributed by atoms with E-state index >= 15 is 0 Å². The van der Waals surface area contributed by atoms with Crippen molar-refractivity contribution in [3.05, 3.63) is 29.3 Å². The van der Waals surface area contributed by atoms with Crippen LogP contribution in [0.2, 0.25) is 0 Å². The SMILES string of the molecule is CC1(C)O[C@H]2Cc3cccc(O)c3C[C@@H]2O1. The molecule has 86 valence electrons. The maximum atomic E-state index is 9.81. The normalized spacial score (nSPS) is 30.9. The molecule has 1 aliphatic carbocycles. The molecule has 1 aromatic rings. The summed E-state index contributed by atoms with van der Waals surface area (Å²) in [6, 6.07) is 5.68. The van der Waals surface area contributed by atoms with Gasteiger partial charge in [-0.05, 0) is 31.0 Å². The molecule has 1 N–H and O–H groups in total. The number of fused-ring (bicyclic) bond motifs is 2. The molecule has 3 rings (SSSR count). The van der Waals surface area contributed by atoms with Crippen LogP contribution in [0.5, 0.6) is 5.75 Å². The van der Waals surface area contributed by atoms with E-state index in [0.29, 0.717) is 5.75 Å². The van der Waals surface area contributed by atoms with E-state index in [2.05, 4.69) is 6.07 Å². The minimum Gasteiger partial charge on any atom is -0.508 e. The van der Waals surface area contributed by atoms with Gasteiger partial charge in [0, 0.05) is 12.8 Å². The van der Waals surface area contributed by atoms with Gasteiger partial charge in [0.2, 0.25) is 0 Å². The molecule has 0 saturated carbocycles. The average molecular weight is 220 g/mol. The van der Waals surface area contributed by atoms with Crippen LogP contribution in [0.1, 0.15) is 25.0 Å². The molecule has 1 fully saturated rings. The van der Waals surface area contributed by atoms with Gasteiger partial charge in [-0.15, -0.1) is 0 Å². The predicted octanol–water partition coefficient (Wildman–Crippen LogP) is 2.01.